The van der Waals surface area contributed by atoms with Gasteiger partial charge in [-0.15, -0.1) is 11.8 Å². The second-order valence-corrected chi connectivity index (χ2v) is 8.89. The van der Waals surface area contributed by atoms with Gasteiger partial charge in [0.2, 0.25) is 5.91 Å². The molecule has 3 rings (SSSR count). The number of carbonyl (C=O) groups excluding carboxylic acids is 1. The lowest BCUT2D eigenvalue weighted by atomic mass is 10.0. The third kappa shape index (κ3) is 3.80. The number of nitrogens with one attached hydrogen (secondary N) is 1. The van der Waals surface area contributed by atoms with Crippen molar-refractivity contribution in [2.75, 3.05) is 24.2 Å². The molecule has 1 N–H and O–H groups in total. The summed E-state index contributed by atoms with van der Waals surface area (Å²) in [6.45, 7) is 7.73. The third-order valence-corrected chi connectivity index (χ3v) is 5.72. The summed E-state index contributed by atoms with van der Waals surface area (Å²) in [6.07, 6.45) is 2.98. The van der Waals surface area contributed by atoms with Crippen LogP contribution in [0.1, 0.15) is 27.2 Å². The monoisotopic (exact) mass is 349 g/mol. The summed E-state index contributed by atoms with van der Waals surface area (Å²) in [5, 5.41) is 4.12. The van der Waals surface area contributed by atoms with Crippen molar-refractivity contribution < 1.29 is 4.79 Å². The summed E-state index contributed by atoms with van der Waals surface area (Å²) in [5.74, 6) is 0.216. The highest BCUT2D eigenvalue weighted by Gasteiger charge is 2.31. The van der Waals surface area contributed by atoms with Crippen molar-refractivity contribution in [1.29, 1.82) is 0 Å². The molecule has 1 saturated heterocycles. The zero-order chi connectivity index (χ0) is 16.6. The fraction of sp³-hybridized carbons (Fsp3) is 0.529. The number of fused-ring (bicyclic) bond motifs is 1. The molecule has 124 valence electrons. The summed E-state index contributed by atoms with van der Waals surface area (Å²) in [6, 6.07) is 6.39. The van der Waals surface area contributed by atoms with E-state index in [1.165, 1.54) is 9.60 Å². The van der Waals surface area contributed by atoms with Gasteiger partial charge in [-0.2, -0.15) is 0 Å². The second kappa shape index (κ2) is 6.32. The number of aromatic nitrogens is 1. The SMILES string of the molecule is CSc1ccc2nc(N3CCC(C(=O)NC(C)(C)C)C3)sc2c1. The number of nitrogens with zero attached hydrogens (tertiary/aromatic N) is 2. The van der Waals surface area contributed by atoms with Crippen LogP contribution in [0.2, 0.25) is 0 Å². The maximum atomic E-state index is 12.3. The Kier molecular flexibility index (Phi) is 4.56. The van der Waals surface area contributed by atoms with Crippen molar-refractivity contribution in [3.63, 3.8) is 0 Å². The Morgan fingerprint density at radius 1 is 1.43 bits per heavy atom. The molecule has 1 fully saturated rings. The molecule has 0 bridgehead atoms. The normalized spacial score (nSPS) is 18.6. The van der Waals surface area contributed by atoms with Gasteiger partial charge in [-0.3, -0.25) is 4.79 Å². The van der Waals surface area contributed by atoms with Crippen molar-refractivity contribution in [3.8, 4) is 0 Å². The molecule has 1 aliphatic heterocycles. The first-order valence-electron chi connectivity index (χ1n) is 7.87. The van der Waals surface area contributed by atoms with E-state index in [1.54, 1.807) is 23.1 Å². The van der Waals surface area contributed by atoms with Crippen LogP contribution in [0.25, 0.3) is 10.2 Å². The zero-order valence-corrected chi connectivity index (χ0v) is 15.7. The van der Waals surface area contributed by atoms with E-state index < -0.39 is 0 Å². The van der Waals surface area contributed by atoms with Crippen LogP contribution in [0.5, 0.6) is 0 Å². The first kappa shape index (κ1) is 16.6. The summed E-state index contributed by atoms with van der Waals surface area (Å²) in [5.41, 5.74) is 0.875. The smallest absolute Gasteiger partial charge is 0.225 e. The molecule has 0 radical (unpaired) electrons. The quantitative estimate of drug-likeness (QED) is 0.857. The molecule has 1 aromatic heterocycles. The van der Waals surface area contributed by atoms with Crippen LogP contribution in [0, 0.1) is 5.92 Å². The van der Waals surface area contributed by atoms with Crippen LogP contribution >= 0.6 is 23.1 Å². The Bertz CT molecular complexity index is 720. The highest BCUT2D eigenvalue weighted by molar-refractivity contribution is 7.98. The number of hydrogen-bond acceptors (Lipinski definition) is 5. The molecule has 4 nitrogen and oxygen atoms in total. The third-order valence-electron chi connectivity index (χ3n) is 3.91. The number of amides is 1. The minimum absolute atomic E-state index is 0.0583. The topological polar surface area (TPSA) is 45.2 Å². The molecule has 1 unspecified atom stereocenters. The molecule has 2 aromatic rings. The minimum Gasteiger partial charge on any atom is -0.351 e. The molecular weight excluding hydrogens is 326 g/mol. The lowest BCUT2D eigenvalue weighted by Crippen LogP contribution is -2.44. The van der Waals surface area contributed by atoms with Gasteiger partial charge < -0.3 is 10.2 Å². The van der Waals surface area contributed by atoms with Gasteiger partial charge in [0.05, 0.1) is 16.1 Å². The average Bonchev–Trinajstić information content (AvgIpc) is 3.11. The van der Waals surface area contributed by atoms with E-state index in [1.807, 2.05) is 20.8 Å². The Morgan fingerprint density at radius 3 is 2.91 bits per heavy atom. The summed E-state index contributed by atoms with van der Waals surface area (Å²) < 4.78 is 1.22. The molecule has 23 heavy (non-hydrogen) atoms. The maximum absolute atomic E-state index is 12.3. The lowest BCUT2D eigenvalue weighted by molar-refractivity contribution is -0.125. The van der Waals surface area contributed by atoms with Crippen molar-refractivity contribution in [2.24, 2.45) is 5.92 Å². The number of thioether (sulfide) groups is 1. The van der Waals surface area contributed by atoms with Gasteiger partial charge in [-0.1, -0.05) is 11.3 Å². The number of carbonyl (C=O) groups is 1. The van der Waals surface area contributed by atoms with Crippen molar-refractivity contribution in [2.45, 2.75) is 37.6 Å². The fourth-order valence-electron chi connectivity index (χ4n) is 2.77. The predicted molar refractivity (Wildman–Crippen MR) is 99.6 cm³/mol. The van der Waals surface area contributed by atoms with E-state index in [0.29, 0.717) is 0 Å². The molecule has 1 amide bonds. The van der Waals surface area contributed by atoms with Crippen molar-refractivity contribution >= 4 is 44.4 Å². The van der Waals surface area contributed by atoms with Crippen molar-refractivity contribution in [3.05, 3.63) is 18.2 Å². The van der Waals surface area contributed by atoms with Crippen LogP contribution in [-0.2, 0) is 4.79 Å². The average molecular weight is 350 g/mol. The molecule has 0 spiro atoms. The summed E-state index contributed by atoms with van der Waals surface area (Å²) in [4.78, 5) is 20.6. The standard InChI is InChI=1S/C17H23N3OS2/c1-17(2,3)19-15(21)11-7-8-20(10-11)16-18-13-6-5-12(22-4)9-14(13)23-16/h5-6,9,11H,7-8,10H2,1-4H3,(H,19,21). The van der Waals surface area contributed by atoms with Crippen LogP contribution in [-0.4, -0.2) is 35.8 Å². The molecule has 2 heterocycles. The Hall–Kier alpha value is -1.27. The molecule has 1 aromatic carbocycles. The van der Waals surface area contributed by atoms with Crippen LogP contribution < -0.4 is 10.2 Å². The van der Waals surface area contributed by atoms with E-state index in [9.17, 15) is 4.79 Å². The Balaban J connectivity index is 1.72. The number of hydrogen-bond donors (Lipinski definition) is 1. The van der Waals surface area contributed by atoms with Gasteiger partial charge in [0, 0.05) is 23.5 Å². The first-order chi connectivity index (χ1) is 10.9. The van der Waals surface area contributed by atoms with Gasteiger partial charge >= 0.3 is 0 Å². The Morgan fingerprint density at radius 2 is 2.22 bits per heavy atom. The van der Waals surface area contributed by atoms with E-state index >= 15 is 0 Å². The van der Waals surface area contributed by atoms with Gasteiger partial charge in [0.25, 0.3) is 0 Å². The molecular formula is C17H23N3OS2. The van der Waals surface area contributed by atoms with Crippen molar-refractivity contribution in [1.82, 2.24) is 10.3 Å². The number of thiazole rings is 1. The highest BCUT2D eigenvalue weighted by atomic mass is 32.2. The van der Waals surface area contributed by atoms with E-state index in [4.69, 9.17) is 4.98 Å². The molecule has 1 aliphatic rings. The van der Waals surface area contributed by atoms with E-state index in [2.05, 4.69) is 34.7 Å². The molecule has 0 saturated carbocycles. The summed E-state index contributed by atoms with van der Waals surface area (Å²) in [7, 11) is 0. The minimum atomic E-state index is -0.172. The number of rotatable bonds is 3. The highest BCUT2D eigenvalue weighted by Crippen LogP contribution is 2.34. The van der Waals surface area contributed by atoms with Gasteiger partial charge in [-0.25, -0.2) is 4.98 Å². The van der Waals surface area contributed by atoms with Gasteiger partial charge in [-0.05, 0) is 51.6 Å². The van der Waals surface area contributed by atoms with Crippen LogP contribution in [0.15, 0.2) is 23.1 Å². The zero-order valence-electron chi connectivity index (χ0n) is 14.0. The van der Waals surface area contributed by atoms with Crippen LogP contribution in [0.3, 0.4) is 0 Å². The van der Waals surface area contributed by atoms with Gasteiger partial charge in [0.15, 0.2) is 5.13 Å². The molecule has 0 aliphatic carbocycles. The maximum Gasteiger partial charge on any atom is 0.225 e. The predicted octanol–water partition coefficient (Wildman–Crippen LogP) is 3.76. The lowest BCUT2D eigenvalue weighted by Gasteiger charge is -2.23. The largest absolute Gasteiger partial charge is 0.351 e. The van der Waals surface area contributed by atoms with E-state index in [-0.39, 0.29) is 17.4 Å². The first-order valence-corrected chi connectivity index (χ1v) is 9.91. The van der Waals surface area contributed by atoms with E-state index in [0.717, 1.165) is 30.2 Å². The second-order valence-electron chi connectivity index (χ2n) is 7.00. The molecule has 1 atom stereocenters. The number of anilines is 1. The molecule has 6 heteroatoms. The Labute approximate surface area is 145 Å². The summed E-state index contributed by atoms with van der Waals surface area (Å²) >= 11 is 3.47. The number of benzene rings is 1. The van der Waals surface area contributed by atoms with Crippen LogP contribution in [0.4, 0.5) is 5.13 Å². The van der Waals surface area contributed by atoms with Gasteiger partial charge in [0.1, 0.15) is 0 Å². The fourth-order valence-corrected chi connectivity index (χ4v) is 4.33.